The smallest absolute Gasteiger partial charge is 0.411 e. The largest absolute Gasteiger partial charge is 0.472 e. The number of hydrogen-bond donors (Lipinski definition) is 1. The molecule has 1 aromatic heterocycles. The summed E-state index contributed by atoms with van der Waals surface area (Å²) < 4.78 is 10.8. The van der Waals surface area contributed by atoms with Gasteiger partial charge < -0.3 is 9.15 Å². The number of carbonyl (C=O) groups excluding carboxylic acids is 2. The van der Waals surface area contributed by atoms with Crippen LogP contribution in [-0.2, 0) is 28.8 Å². The van der Waals surface area contributed by atoms with E-state index in [4.69, 9.17) is 9.15 Å². The van der Waals surface area contributed by atoms with Crippen LogP contribution in [0.3, 0.4) is 0 Å². The third-order valence-electron chi connectivity index (χ3n) is 6.48. The van der Waals surface area contributed by atoms with Crippen molar-refractivity contribution in [1.82, 2.24) is 0 Å². The number of fused-ring (bicyclic) bond motifs is 2. The summed E-state index contributed by atoms with van der Waals surface area (Å²) in [6, 6.07) is 15.6. The minimum Gasteiger partial charge on any atom is -0.472 e. The third kappa shape index (κ3) is 4.80. The maximum atomic E-state index is 13.5. The Morgan fingerprint density at radius 2 is 1.76 bits per heavy atom. The monoisotopic (exact) mass is 444 g/mol. The van der Waals surface area contributed by atoms with E-state index < -0.39 is 6.09 Å². The Bertz CT molecular complexity index is 1130. The first-order valence-corrected chi connectivity index (χ1v) is 11.7. The highest BCUT2D eigenvalue weighted by Gasteiger charge is 2.27. The number of amides is 2. The van der Waals surface area contributed by atoms with E-state index in [2.05, 4.69) is 11.4 Å². The minimum atomic E-state index is -0.438. The number of nitrogens with one attached hydrogen (secondary N) is 1. The van der Waals surface area contributed by atoms with Crippen molar-refractivity contribution in [2.45, 2.75) is 57.5 Å². The van der Waals surface area contributed by atoms with Crippen LogP contribution < -0.4 is 10.2 Å². The van der Waals surface area contributed by atoms with Gasteiger partial charge in [-0.25, -0.2) is 4.79 Å². The summed E-state index contributed by atoms with van der Waals surface area (Å²) >= 11 is 0. The van der Waals surface area contributed by atoms with Crippen molar-refractivity contribution < 1.29 is 18.7 Å². The number of benzene rings is 2. The lowest BCUT2D eigenvalue weighted by molar-refractivity contribution is -0.117. The molecule has 1 fully saturated rings. The van der Waals surface area contributed by atoms with E-state index in [0.717, 1.165) is 66.6 Å². The second-order valence-corrected chi connectivity index (χ2v) is 8.80. The molecule has 0 unspecified atom stereocenters. The zero-order valence-electron chi connectivity index (χ0n) is 18.6. The molecule has 170 valence electrons. The standard InChI is InChI=1S/C27H28N2O4/c30-26(16-19-14-15-32-18-19)29-24-9-5-4-6-20(24)10-11-21-12-13-22(17-25(21)29)28-27(31)33-23-7-2-1-3-8-23/h4-6,9,12-15,17-18,23H,1-3,7-8,10-11,16H2,(H,28,31). The number of hydrogen-bond acceptors (Lipinski definition) is 4. The second-order valence-electron chi connectivity index (χ2n) is 8.80. The van der Waals surface area contributed by atoms with Crippen LogP contribution in [0.2, 0.25) is 0 Å². The lowest BCUT2D eigenvalue weighted by Gasteiger charge is -2.26. The molecule has 0 bridgehead atoms. The van der Waals surface area contributed by atoms with Crippen molar-refractivity contribution in [3.05, 3.63) is 77.7 Å². The van der Waals surface area contributed by atoms with Crippen LogP contribution >= 0.6 is 0 Å². The van der Waals surface area contributed by atoms with Crippen LogP contribution in [0.25, 0.3) is 0 Å². The van der Waals surface area contributed by atoms with Crippen LogP contribution in [0.15, 0.2) is 65.5 Å². The van der Waals surface area contributed by atoms with Crippen LogP contribution in [-0.4, -0.2) is 18.1 Å². The average molecular weight is 445 g/mol. The first-order valence-electron chi connectivity index (χ1n) is 11.7. The summed E-state index contributed by atoms with van der Waals surface area (Å²) in [5.41, 5.74) is 5.32. The van der Waals surface area contributed by atoms with Gasteiger partial charge in [-0.3, -0.25) is 15.0 Å². The number of aryl methyl sites for hydroxylation is 2. The van der Waals surface area contributed by atoms with Gasteiger partial charge in [0.2, 0.25) is 5.91 Å². The van der Waals surface area contributed by atoms with Crippen LogP contribution in [0.4, 0.5) is 21.9 Å². The van der Waals surface area contributed by atoms with Gasteiger partial charge in [0.25, 0.3) is 0 Å². The predicted octanol–water partition coefficient (Wildman–Crippen LogP) is 6.17. The minimum absolute atomic E-state index is 0.0144. The molecule has 1 N–H and O–H groups in total. The van der Waals surface area contributed by atoms with Crippen molar-refractivity contribution in [3.63, 3.8) is 0 Å². The summed E-state index contributed by atoms with van der Waals surface area (Å²) in [5, 5.41) is 2.87. The summed E-state index contributed by atoms with van der Waals surface area (Å²) in [7, 11) is 0. The van der Waals surface area contributed by atoms with E-state index in [9.17, 15) is 9.59 Å². The maximum absolute atomic E-state index is 13.5. The van der Waals surface area contributed by atoms with E-state index in [1.54, 1.807) is 17.4 Å². The molecular weight excluding hydrogens is 416 g/mol. The number of para-hydroxylation sites is 1. The molecule has 2 heterocycles. The Morgan fingerprint density at radius 3 is 2.55 bits per heavy atom. The fourth-order valence-corrected chi connectivity index (χ4v) is 4.80. The molecule has 0 atom stereocenters. The molecule has 6 nitrogen and oxygen atoms in total. The Hall–Kier alpha value is -3.54. The van der Waals surface area contributed by atoms with E-state index in [-0.39, 0.29) is 18.4 Å². The average Bonchev–Trinajstić information content (AvgIpc) is 3.27. The van der Waals surface area contributed by atoms with Gasteiger partial charge in [0, 0.05) is 5.69 Å². The highest BCUT2D eigenvalue weighted by molar-refractivity contribution is 6.04. The van der Waals surface area contributed by atoms with Crippen molar-refractivity contribution in [2.24, 2.45) is 0 Å². The first-order chi connectivity index (χ1) is 16.2. The van der Waals surface area contributed by atoms with Crippen LogP contribution in [0, 0.1) is 0 Å². The summed E-state index contributed by atoms with van der Waals surface area (Å²) in [4.78, 5) is 27.8. The fourth-order valence-electron chi connectivity index (χ4n) is 4.80. The maximum Gasteiger partial charge on any atom is 0.411 e. The Labute approximate surface area is 193 Å². The highest BCUT2D eigenvalue weighted by Crippen LogP contribution is 2.38. The summed E-state index contributed by atoms with van der Waals surface area (Å²) in [5.74, 6) is -0.0473. The lowest BCUT2D eigenvalue weighted by Crippen LogP contribution is -2.28. The molecule has 1 aliphatic carbocycles. The Balaban J connectivity index is 1.43. The summed E-state index contributed by atoms with van der Waals surface area (Å²) in [6.45, 7) is 0. The molecule has 5 rings (SSSR count). The molecule has 1 saturated carbocycles. The molecule has 33 heavy (non-hydrogen) atoms. The number of nitrogens with zero attached hydrogens (tertiary/aromatic N) is 1. The number of carbonyl (C=O) groups is 2. The molecule has 0 spiro atoms. The number of furan rings is 1. The first kappa shape index (κ1) is 21.3. The number of anilines is 3. The lowest BCUT2D eigenvalue weighted by atomic mass is 9.98. The molecule has 0 radical (unpaired) electrons. The molecular formula is C27H28N2O4. The normalized spacial score (nSPS) is 15.8. The van der Waals surface area contributed by atoms with Gasteiger partial charge >= 0.3 is 6.09 Å². The fraction of sp³-hybridized carbons (Fsp3) is 0.333. The van der Waals surface area contributed by atoms with Crippen LogP contribution in [0.1, 0.15) is 48.8 Å². The van der Waals surface area contributed by atoms with Crippen molar-refractivity contribution in [2.75, 3.05) is 10.2 Å². The zero-order chi connectivity index (χ0) is 22.6. The van der Waals surface area contributed by atoms with Gasteiger partial charge in [-0.05, 0) is 79.5 Å². The number of rotatable bonds is 4. The Kier molecular flexibility index (Phi) is 6.15. The van der Waals surface area contributed by atoms with Gasteiger partial charge in [0.15, 0.2) is 0 Å². The van der Waals surface area contributed by atoms with Gasteiger partial charge in [0.1, 0.15) is 6.10 Å². The second kappa shape index (κ2) is 9.53. The van der Waals surface area contributed by atoms with Gasteiger partial charge in [0.05, 0.1) is 30.3 Å². The van der Waals surface area contributed by atoms with Crippen LogP contribution in [0.5, 0.6) is 0 Å². The molecule has 6 heteroatoms. The highest BCUT2D eigenvalue weighted by atomic mass is 16.6. The van der Waals surface area contributed by atoms with E-state index in [1.165, 1.54) is 6.42 Å². The van der Waals surface area contributed by atoms with Crippen molar-refractivity contribution in [3.8, 4) is 0 Å². The zero-order valence-corrected chi connectivity index (χ0v) is 18.6. The molecule has 0 saturated heterocycles. The third-order valence-corrected chi connectivity index (χ3v) is 6.48. The van der Waals surface area contributed by atoms with Gasteiger partial charge in [-0.15, -0.1) is 0 Å². The van der Waals surface area contributed by atoms with Gasteiger partial charge in [-0.2, -0.15) is 0 Å². The molecule has 2 aliphatic rings. The Morgan fingerprint density at radius 1 is 0.970 bits per heavy atom. The molecule has 2 aromatic carbocycles. The number of ether oxygens (including phenoxy) is 1. The van der Waals surface area contributed by atoms with Crippen molar-refractivity contribution in [1.29, 1.82) is 0 Å². The quantitative estimate of drug-likeness (QED) is 0.523. The molecule has 1 aliphatic heterocycles. The summed E-state index contributed by atoms with van der Waals surface area (Å²) in [6.07, 6.45) is 9.86. The SMILES string of the molecule is O=C(Nc1ccc2c(c1)N(C(=O)Cc1ccoc1)c1ccccc1CC2)OC1CCCCC1. The van der Waals surface area contributed by atoms with E-state index in [0.29, 0.717) is 5.69 Å². The van der Waals surface area contributed by atoms with Crippen molar-refractivity contribution >= 4 is 29.1 Å². The predicted molar refractivity (Wildman–Crippen MR) is 127 cm³/mol. The van der Waals surface area contributed by atoms with Gasteiger partial charge in [-0.1, -0.05) is 30.7 Å². The topological polar surface area (TPSA) is 71.8 Å². The molecule has 3 aromatic rings. The van der Waals surface area contributed by atoms with E-state index in [1.807, 2.05) is 42.5 Å². The van der Waals surface area contributed by atoms with E-state index >= 15 is 0 Å². The molecule has 2 amide bonds.